The Morgan fingerprint density at radius 3 is 2.50 bits per heavy atom. The molecule has 1 aliphatic carbocycles. The fraction of sp³-hybridized carbons (Fsp3) is 0.444. The van der Waals surface area contributed by atoms with E-state index in [2.05, 4.69) is 54.3 Å². The van der Waals surface area contributed by atoms with Crippen LogP contribution in [0.4, 0.5) is 5.69 Å². The number of hydrogen-bond acceptors (Lipinski definition) is 2. The van der Waals surface area contributed by atoms with Gasteiger partial charge in [-0.15, -0.1) is 0 Å². The summed E-state index contributed by atoms with van der Waals surface area (Å²) in [6, 6.07) is 15.2. The van der Waals surface area contributed by atoms with Crippen LogP contribution in [-0.4, -0.2) is 18.6 Å². The van der Waals surface area contributed by atoms with Gasteiger partial charge in [-0.25, -0.2) is 0 Å². The highest BCUT2D eigenvalue weighted by molar-refractivity contribution is 5.94. The van der Waals surface area contributed by atoms with E-state index in [4.69, 9.17) is 5.73 Å². The summed E-state index contributed by atoms with van der Waals surface area (Å²) >= 11 is 0. The molecule has 0 radical (unpaired) electrons. The number of benzene rings is 2. The first-order chi connectivity index (χ1) is 9.72. The minimum Gasteiger partial charge on any atom is -0.369 e. The zero-order valence-electron chi connectivity index (χ0n) is 12.3. The van der Waals surface area contributed by atoms with E-state index in [1.165, 1.54) is 29.3 Å². The highest BCUT2D eigenvalue weighted by Gasteiger charge is 2.31. The summed E-state index contributed by atoms with van der Waals surface area (Å²) < 4.78 is 0. The molecule has 0 aromatic heterocycles. The molecule has 0 aliphatic heterocycles. The Balaban J connectivity index is 1.95. The van der Waals surface area contributed by atoms with E-state index in [0.717, 1.165) is 25.9 Å². The minimum atomic E-state index is 0.00690. The largest absolute Gasteiger partial charge is 0.369 e. The van der Waals surface area contributed by atoms with Gasteiger partial charge in [-0.1, -0.05) is 49.2 Å². The summed E-state index contributed by atoms with van der Waals surface area (Å²) in [6.45, 7) is 4.20. The molecule has 2 heteroatoms. The second kappa shape index (κ2) is 5.45. The van der Waals surface area contributed by atoms with Gasteiger partial charge in [0, 0.05) is 29.7 Å². The molecule has 0 bridgehead atoms. The van der Waals surface area contributed by atoms with Crippen LogP contribution < -0.4 is 10.6 Å². The Kier molecular flexibility index (Phi) is 3.66. The number of nitrogens with zero attached hydrogens (tertiary/aromatic N) is 1. The Labute approximate surface area is 121 Å². The smallest absolute Gasteiger partial charge is 0.0446 e. The van der Waals surface area contributed by atoms with Crippen LogP contribution in [0.5, 0.6) is 0 Å². The summed E-state index contributed by atoms with van der Waals surface area (Å²) in [5, 5.41) is 2.64. The monoisotopic (exact) mass is 268 g/mol. The van der Waals surface area contributed by atoms with Crippen LogP contribution in [-0.2, 0) is 0 Å². The van der Waals surface area contributed by atoms with Gasteiger partial charge >= 0.3 is 0 Å². The first-order valence-electron chi connectivity index (χ1n) is 7.73. The molecule has 106 valence electrons. The molecular weight excluding hydrogens is 244 g/mol. The lowest BCUT2D eigenvalue weighted by molar-refractivity contribution is 0.436. The van der Waals surface area contributed by atoms with Gasteiger partial charge in [-0.2, -0.15) is 0 Å². The first-order valence-corrected chi connectivity index (χ1v) is 7.73. The molecule has 0 unspecified atom stereocenters. The van der Waals surface area contributed by atoms with Crippen molar-refractivity contribution in [2.45, 2.75) is 38.1 Å². The van der Waals surface area contributed by atoms with Crippen LogP contribution in [0.1, 0.15) is 32.6 Å². The molecule has 2 aromatic carbocycles. The van der Waals surface area contributed by atoms with Crippen molar-refractivity contribution in [3.63, 3.8) is 0 Å². The zero-order valence-corrected chi connectivity index (χ0v) is 12.3. The summed E-state index contributed by atoms with van der Waals surface area (Å²) in [6.07, 6.45) is 4.88. The van der Waals surface area contributed by atoms with Crippen LogP contribution in [0.2, 0.25) is 0 Å². The van der Waals surface area contributed by atoms with Crippen molar-refractivity contribution >= 4 is 16.5 Å². The van der Waals surface area contributed by atoms with E-state index in [0.29, 0.717) is 0 Å². The lowest BCUT2D eigenvalue weighted by Crippen LogP contribution is -2.48. The van der Waals surface area contributed by atoms with Crippen molar-refractivity contribution in [2.75, 3.05) is 18.0 Å². The number of fused-ring (bicyclic) bond motifs is 1. The van der Waals surface area contributed by atoms with Gasteiger partial charge in [-0.05, 0) is 31.2 Å². The number of nitrogens with two attached hydrogens (primary N) is 1. The topological polar surface area (TPSA) is 29.3 Å². The van der Waals surface area contributed by atoms with Gasteiger partial charge in [0.25, 0.3) is 0 Å². The molecule has 1 aliphatic rings. The molecule has 2 nitrogen and oxygen atoms in total. The van der Waals surface area contributed by atoms with Crippen molar-refractivity contribution in [2.24, 2.45) is 5.73 Å². The highest BCUT2D eigenvalue weighted by Crippen LogP contribution is 2.32. The predicted molar refractivity (Wildman–Crippen MR) is 87.2 cm³/mol. The van der Waals surface area contributed by atoms with Crippen LogP contribution in [0.15, 0.2) is 42.5 Å². The maximum Gasteiger partial charge on any atom is 0.0446 e. The summed E-state index contributed by atoms with van der Waals surface area (Å²) in [4.78, 5) is 2.45. The van der Waals surface area contributed by atoms with Gasteiger partial charge in [0.1, 0.15) is 0 Å². The highest BCUT2D eigenvalue weighted by atomic mass is 15.1. The molecule has 1 saturated carbocycles. The number of hydrogen-bond donors (Lipinski definition) is 1. The molecule has 2 N–H and O–H groups in total. The van der Waals surface area contributed by atoms with Crippen molar-refractivity contribution in [3.05, 3.63) is 42.5 Å². The molecule has 20 heavy (non-hydrogen) atoms. The molecule has 1 fully saturated rings. The molecule has 0 saturated heterocycles. The van der Waals surface area contributed by atoms with Gasteiger partial charge in [0.2, 0.25) is 0 Å². The number of rotatable bonds is 4. The Morgan fingerprint density at radius 2 is 1.75 bits per heavy atom. The molecule has 2 aromatic rings. The normalized spacial score (nSPS) is 17.5. The van der Waals surface area contributed by atoms with E-state index < -0.39 is 0 Å². The minimum absolute atomic E-state index is 0.00690. The average molecular weight is 268 g/mol. The molecule has 0 spiro atoms. The predicted octanol–water partition coefficient (Wildman–Crippen LogP) is 3.94. The van der Waals surface area contributed by atoms with Crippen molar-refractivity contribution < 1.29 is 0 Å². The standard InChI is InChI=1S/C18H24N2/c1-2-20(14-18(19)12-5-6-13-18)17-11-7-9-15-8-3-4-10-16(15)17/h3-4,7-11H,2,5-6,12-14,19H2,1H3. The third kappa shape index (κ3) is 2.53. The lowest BCUT2D eigenvalue weighted by Gasteiger charge is -2.34. The van der Waals surface area contributed by atoms with E-state index in [-0.39, 0.29) is 5.54 Å². The van der Waals surface area contributed by atoms with Crippen LogP contribution in [0, 0.1) is 0 Å². The molecule has 0 atom stereocenters. The van der Waals surface area contributed by atoms with Gasteiger partial charge in [0.05, 0.1) is 0 Å². The molecule has 3 rings (SSSR count). The van der Waals surface area contributed by atoms with E-state index >= 15 is 0 Å². The maximum atomic E-state index is 6.58. The summed E-state index contributed by atoms with van der Waals surface area (Å²) in [7, 11) is 0. The van der Waals surface area contributed by atoms with Crippen molar-refractivity contribution in [1.29, 1.82) is 0 Å². The molecule has 0 amide bonds. The third-order valence-corrected chi connectivity index (χ3v) is 4.59. The summed E-state index contributed by atoms with van der Waals surface area (Å²) in [5.41, 5.74) is 7.90. The maximum absolute atomic E-state index is 6.58. The van der Waals surface area contributed by atoms with Crippen LogP contribution in [0.3, 0.4) is 0 Å². The van der Waals surface area contributed by atoms with E-state index in [9.17, 15) is 0 Å². The zero-order chi connectivity index (χ0) is 14.0. The number of likely N-dealkylation sites (N-methyl/N-ethyl adjacent to an activating group) is 1. The SMILES string of the molecule is CCN(CC1(N)CCCC1)c1cccc2ccccc12. The summed E-state index contributed by atoms with van der Waals surface area (Å²) in [5.74, 6) is 0. The molecule has 0 heterocycles. The quantitative estimate of drug-likeness (QED) is 0.910. The second-order valence-corrected chi connectivity index (χ2v) is 6.08. The van der Waals surface area contributed by atoms with Crippen molar-refractivity contribution in [3.8, 4) is 0 Å². The Bertz CT molecular complexity index is 579. The molecular formula is C18H24N2. The average Bonchev–Trinajstić information content (AvgIpc) is 2.91. The Hall–Kier alpha value is -1.54. The fourth-order valence-electron chi connectivity index (χ4n) is 3.47. The van der Waals surface area contributed by atoms with Crippen LogP contribution in [0.25, 0.3) is 10.8 Å². The van der Waals surface area contributed by atoms with Crippen LogP contribution >= 0.6 is 0 Å². The van der Waals surface area contributed by atoms with Gasteiger partial charge in [-0.3, -0.25) is 0 Å². The van der Waals surface area contributed by atoms with E-state index in [1.54, 1.807) is 0 Å². The van der Waals surface area contributed by atoms with Gasteiger partial charge in [0.15, 0.2) is 0 Å². The first kappa shape index (κ1) is 13.4. The fourth-order valence-corrected chi connectivity index (χ4v) is 3.47. The van der Waals surface area contributed by atoms with Gasteiger partial charge < -0.3 is 10.6 Å². The van der Waals surface area contributed by atoms with E-state index in [1.807, 2.05) is 0 Å². The third-order valence-electron chi connectivity index (χ3n) is 4.59. The Morgan fingerprint density at radius 1 is 1.05 bits per heavy atom. The van der Waals surface area contributed by atoms with Crippen molar-refractivity contribution in [1.82, 2.24) is 0 Å². The lowest BCUT2D eigenvalue weighted by atomic mass is 9.97. The second-order valence-electron chi connectivity index (χ2n) is 6.08. The number of anilines is 1.